The van der Waals surface area contributed by atoms with Crippen molar-refractivity contribution in [2.75, 3.05) is 26.8 Å². The fourth-order valence-corrected chi connectivity index (χ4v) is 3.17. The first-order valence-electron chi connectivity index (χ1n) is 8.09. The standard InChI is InChI=1S/C18H22N2O5S/c1-24-15-6-5-7-16(14-15)25-13-12-19-18(21)10-11-20-26(22,23)17-8-3-2-4-9-17/h2-9,14,20H,10-13H2,1H3,(H,19,21). The van der Waals surface area contributed by atoms with Gasteiger partial charge in [0.2, 0.25) is 15.9 Å². The van der Waals surface area contributed by atoms with E-state index in [0.717, 1.165) is 0 Å². The Morgan fingerprint density at radius 3 is 2.46 bits per heavy atom. The van der Waals surface area contributed by atoms with Gasteiger partial charge in [0.15, 0.2) is 0 Å². The molecule has 0 bridgehead atoms. The molecule has 2 rings (SSSR count). The molecule has 0 heterocycles. The number of carbonyl (C=O) groups is 1. The average molecular weight is 378 g/mol. The molecular weight excluding hydrogens is 356 g/mol. The third-order valence-corrected chi connectivity index (χ3v) is 4.91. The number of methoxy groups -OCH3 is 1. The Hall–Kier alpha value is -2.58. The third kappa shape index (κ3) is 6.38. The highest BCUT2D eigenvalue weighted by atomic mass is 32.2. The molecule has 2 aromatic carbocycles. The summed E-state index contributed by atoms with van der Waals surface area (Å²) in [6, 6.07) is 15.2. The highest BCUT2D eigenvalue weighted by molar-refractivity contribution is 7.89. The monoisotopic (exact) mass is 378 g/mol. The second-order valence-corrected chi connectivity index (χ2v) is 7.11. The minimum absolute atomic E-state index is 0.0276. The minimum Gasteiger partial charge on any atom is -0.497 e. The lowest BCUT2D eigenvalue weighted by molar-refractivity contribution is -0.121. The molecule has 0 atom stereocenters. The normalized spacial score (nSPS) is 11.0. The van der Waals surface area contributed by atoms with Crippen LogP contribution in [0.3, 0.4) is 0 Å². The quantitative estimate of drug-likeness (QED) is 0.612. The van der Waals surface area contributed by atoms with Gasteiger partial charge < -0.3 is 14.8 Å². The van der Waals surface area contributed by atoms with Crippen LogP contribution in [0.5, 0.6) is 11.5 Å². The molecule has 0 spiro atoms. The molecule has 0 aliphatic carbocycles. The largest absolute Gasteiger partial charge is 0.497 e. The summed E-state index contributed by atoms with van der Waals surface area (Å²) in [6.45, 7) is 0.649. The van der Waals surface area contributed by atoms with Gasteiger partial charge >= 0.3 is 0 Å². The first kappa shape index (κ1) is 19.7. The maximum Gasteiger partial charge on any atom is 0.240 e. The summed E-state index contributed by atoms with van der Waals surface area (Å²) in [4.78, 5) is 11.9. The Labute approximate surface area is 153 Å². The van der Waals surface area contributed by atoms with Gasteiger partial charge in [0.05, 0.1) is 18.6 Å². The molecule has 7 nitrogen and oxygen atoms in total. The smallest absolute Gasteiger partial charge is 0.240 e. The predicted octanol–water partition coefficient (Wildman–Crippen LogP) is 1.56. The van der Waals surface area contributed by atoms with E-state index in [4.69, 9.17) is 9.47 Å². The van der Waals surface area contributed by atoms with Crippen LogP contribution in [0.4, 0.5) is 0 Å². The zero-order valence-electron chi connectivity index (χ0n) is 14.5. The van der Waals surface area contributed by atoms with Gasteiger partial charge in [-0.2, -0.15) is 0 Å². The fraction of sp³-hybridized carbons (Fsp3) is 0.278. The maximum atomic E-state index is 12.0. The van der Waals surface area contributed by atoms with Crippen LogP contribution in [-0.2, 0) is 14.8 Å². The molecule has 2 N–H and O–H groups in total. The van der Waals surface area contributed by atoms with Crippen LogP contribution in [0.15, 0.2) is 59.5 Å². The van der Waals surface area contributed by atoms with Crippen molar-refractivity contribution in [2.45, 2.75) is 11.3 Å². The molecular formula is C18H22N2O5S. The molecule has 8 heteroatoms. The van der Waals surface area contributed by atoms with E-state index >= 15 is 0 Å². The van der Waals surface area contributed by atoms with E-state index in [1.807, 2.05) is 12.1 Å². The molecule has 1 amide bonds. The first-order valence-corrected chi connectivity index (χ1v) is 9.58. The van der Waals surface area contributed by atoms with Crippen LogP contribution in [0.2, 0.25) is 0 Å². The van der Waals surface area contributed by atoms with E-state index in [2.05, 4.69) is 10.0 Å². The van der Waals surface area contributed by atoms with E-state index in [1.54, 1.807) is 37.4 Å². The van der Waals surface area contributed by atoms with Crippen molar-refractivity contribution < 1.29 is 22.7 Å². The summed E-state index contributed by atoms with van der Waals surface area (Å²) in [5, 5.41) is 2.68. The van der Waals surface area contributed by atoms with Gasteiger partial charge in [-0.25, -0.2) is 13.1 Å². The molecule has 0 aliphatic heterocycles. The lowest BCUT2D eigenvalue weighted by Crippen LogP contribution is -2.32. The fourth-order valence-electron chi connectivity index (χ4n) is 2.12. The summed E-state index contributed by atoms with van der Waals surface area (Å²) in [5.74, 6) is 1.08. The van der Waals surface area contributed by atoms with Gasteiger partial charge in [0, 0.05) is 19.0 Å². The van der Waals surface area contributed by atoms with E-state index in [9.17, 15) is 13.2 Å². The number of hydrogen-bond donors (Lipinski definition) is 2. The van der Waals surface area contributed by atoms with Crippen molar-refractivity contribution in [3.8, 4) is 11.5 Å². The molecule has 2 aromatic rings. The lowest BCUT2D eigenvalue weighted by atomic mass is 10.3. The van der Waals surface area contributed by atoms with Crippen molar-refractivity contribution in [1.82, 2.24) is 10.0 Å². The Morgan fingerprint density at radius 1 is 1.00 bits per heavy atom. The minimum atomic E-state index is -3.59. The first-order chi connectivity index (χ1) is 12.5. The number of ether oxygens (including phenoxy) is 2. The highest BCUT2D eigenvalue weighted by Crippen LogP contribution is 2.18. The number of sulfonamides is 1. The second-order valence-electron chi connectivity index (χ2n) is 5.34. The molecule has 0 aliphatic rings. The van der Waals surface area contributed by atoms with Crippen LogP contribution in [-0.4, -0.2) is 41.1 Å². The Bertz CT molecular complexity index is 809. The van der Waals surface area contributed by atoms with Crippen molar-refractivity contribution in [1.29, 1.82) is 0 Å². The van der Waals surface area contributed by atoms with Crippen molar-refractivity contribution >= 4 is 15.9 Å². The average Bonchev–Trinajstić information content (AvgIpc) is 2.66. The van der Waals surface area contributed by atoms with Gasteiger partial charge in [-0.3, -0.25) is 4.79 Å². The Kier molecular flexibility index (Phi) is 7.43. The van der Waals surface area contributed by atoms with E-state index in [-0.39, 0.29) is 23.8 Å². The summed E-state index contributed by atoms with van der Waals surface area (Å²) >= 11 is 0. The highest BCUT2D eigenvalue weighted by Gasteiger charge is 2.13. The van der Waals surface area contributed by atoms with Gasteiger partial charge in [0.25, 0.3) is 0 Å². The summed E-state index contributed by atoms with van der Waals surface area (Å²) in [7, 11) is -2.02. The number of rotatable bonds is 10. The number of amides is 1. The molecule has 0 fully saturated rings. The topological polar surface area (TPSA) is 93.7 Å². The Morgan fingerprint density at radius 2 is 1.73 bits per heavy atom. The zero-order valence-corrected chi connectivity index (χ0v) is 15.3. The zero-order chi connectivity index (χ0) is 18.8. The molecule has 0 saturated heterocycles. The molecule has 140 valence electrons. The van der Waals surface area contributed by atoms with Crippen molar-refractivity contribution in [3.05, 3.63) is 54.6 Å². The number of nitrogens with one attached hydrogen (secondary N) is 2. The van der Waals surface area contributed by atoms with Crippen LogP contribution >= 0.6 is 0 Å². The van der Waals surface area contributed by atoms with Crippen LogP contribution in [0, 0.1) is 0 Å². The molecule has 0 radical (unpaired) electrons. The predicted molar refractivity (Wildman–Crippen MR) is 97.7 cm³/mol. The van der Waals surface area contributed by atoms with E-state index < -0.39 is 10.0 Å². The van der Waals surface area contributed by atoms with Gasteiger partial charge in [-0.1, -0.05) is 24.3 Å². The second kappa shape index (κ2) is 9.79. The molecule has 0 aromatic heterocycles. The van der Waals surface area contributed by atoms with E-state index in [0.29, 0.717) is 24.7 Å². The number of hydrogen-bond acceptors (Lipinski definition) is 5. The third-order valence-electron chi connectivity index (χ3n) is 3.43. The van der Waals surface area contributed by atoms with Crippen molar-refractivity contribution in [2.24, 2.45) is 0 Å². The molecule has 26 heavy (non-hydrogen) atoms. The summed E-state index contributed by atoms with van der Waals surface area (Å²) in [6.07, 6.45) is 0.0468. The van der Waals surface area contributed by atoms with Crippen molar-refractivity contribution in [3.63, 3.8) is 0 Å². The van der Waals surface area contributed by atoms with Crippen LogP contribution in [0.25, 0.3) is 0 Å². The number of carbonyl (C=O) groups excluding carboxylic acids is 1. The van der Waals surface area contributed by atoms with Crippen LogP contribution < -0.4 is 19.5 Å². The lowest BCUT2D eigenvalue weighted by Gasteiger charge is -2.09. The summed E-state index contributed by atoms with van der Waals surface area (Å²) < 4.78 is 37.0. The van der Waals surface area contributed by atoms with Gasteiger partial charge in [-0.15, -0.1) is 0 Å². The summed E-state index contributed by atoms with van der Waals surface area (Å²) in [5.41, 5.74) is 0. The van der Waals surface area contributed by atoms with Crippen LogP contribution in [0.1, 0.15) is 6.42 Å². The maximum absolute atomic E-state index is 12.0. The number of benzene rings is 2. The van der Waals surface area contributed by atoms with Gasteiger partial charge in [-0.05, 0) is 24.3 Å². The van der Waals surface area contributed by atoms with E-state index in [1.165, 1.54) is 12.1 Å². The Balaban J connectivity index is 1.64. The SMILES string of the molecule is COc1cccc(OCCNC(=O)CCNS(=O)(=O)c2ccccc2)c1. The van der Waals surface area contributed by atoms with Gasteiger partial charge in [0.1, 0.15) is 18.1 Å². The molecule has 0 saturated carbocycles. The molecule has 0 unspecified atom stereocenters.